The summed E-state index contributed by atoms with van der Waals surface area (Å²) in [6.45, 7) is 10.4. The summed E-state index contributed by atoms with van der Waals surface area (Å²) < 4.78 is 16.5. The number of likely N-dealkylation sites (tertiary alicyclic amines) is 1. The highest BCUT2D eigenvalue weighted by molar-refractivity contribution is 6.31. The van der Waals surface area contributed by atoms with Crippen LogP contribution in [0.1, 0.15) is 48.0 Å². The second kappa shape index (κ2) is 10.6. The average molecular weight is 537 g/mol. The van der Waals surface area contributed by atoms with E-state index in [0.29, 0.717) is 16.8 Å². The van der Waals surface area contributed by atoms with Crippen LogP contribution >= 0.6 is 11.6 Å². The van der Waals surface area contributed by atoms with E-state index in [0.717, 1.165) is 0 Å². The van der Waals surface area contributed by atoms with Crippen molar-refractivity contribution in [3.8, 4) is 11.6 Å². The van der Waals surface area contributed by atoms with Gasteiger partial charge in [-0.25, -0.2) is 19.6 Å². The minimum atomic E-state index is -1.19. The van der Waals surface area contributed by atoms with Gasteiger partial charge >= 0.3 is 12.1 Å². The van der Waals surface area contributed by atoms with Crippen molar-refractivity contribution in [3.05, 3.63) is 23.4 Å². The van der Waals surface area contributed by atoms with Gasteiger partial charge < -0.3 is 29.5 Å². The maximum atomic E-state index is 13.6. The van der Waals surface area contributed by atoms with Gasteiger partial charge in [-0.2, -0.15) is 0 Å². The number of benzene rings is 1. The van der Waals surface area contributed by atoms with Crippen molar-refractivity contribution in [3.63, 3.8) is 0 Å². The molecule has 1 aromatic heterocycles. The third-order valence-corrected chi connectivity index (χ3v) is 5.93. The highest BCUT2D eigenvalue weighted by atomic mass is 35.5. The lowest BCUT2D eigenvalue weighted by molar-refractivity contribution is -0.150. The minimum absolute atomic E-state index is 0.00146. The molecule has 0 radical (unpaired) electrons. The van der Waals surface area contributed by atoms with E-state index in [9.17, 15) is 19.5 Å². The average Bonchev–Trinajstić information content (AvgIpc) is 3.19. The normalized spacial score (nSPS) is 18.9. The molecular formula is C25H33ClN4O7. The van der Waals surface area contributed by atoms with Gasteiger partial charge in [0, 0.05) is 12.5 Å². The van der Waals surface area contributed by atoms with E-state index in [1.807, 2.05) is 0 Å². The Labute approximate surface area is 220 Å². The van der Waals surface area contributed by atoms with Crippen LogP contribution in [0, 0.1) is 5.41 Å². The lowest BCUT2D eigenvalue weighted by atomic mass is 9.85. The number of fused-ring (bicyclic) bond motifs is 1. The predicted octanol–water partition coefficient (Wildman–Crippen LogP) is 3.66. The molecule has 1 saturated heterocycles. The van der Waals surface area contributed by atoms with E-state index in [4.69, 9.17) is 25.8 Å². The molecule has 0 unspecified atom stereocenters. The van der Waals surface area contributed by atoms with Gasteiger partial charge in [-0.15, -0.1) is 0 Å². The van der Waals surface area contributed by atoms with Crippen LogP contribution in [0.2, 0.25) is 5.15 Å². The highest BCUT2D eigenvalue weighted by Gasteiger charge is 2.46. The lowest BCUT2D eigenvalue weighted by Crippen LogP contribution is -2.57. The molecule has 2 aromatic rings. The first-order valence-corrected chi connectivity index (χ1v) is 12.2. The zero-order chi connectivity index (χ0) is 27.7. The van der Waals surface area contributed by atoms with Gasteiger partial charge in [-0.3, -0.25) is 4.79 Å². The largest absolute Gasteiger partial charge is 0.497 e. The van der Waals surface area contributed by atoms with Crippen molar-refractivity contribution in [2.45, 2.75) is 71.8 Å². The summed E-state index contributed by atoms with van der Waals surface area (Å²) in [6, 6.07) is 2.89. The van der Waals surface area contributed by atoms with E-state index in [2.05, 4.69) is 15.3 Å². The van der Waals surface area contributed by atoms with E-state index in [1.165, 1.54) is 12.0 Å². The number of halogens is 1. The summed E-state index contributed by atoms with van der Waals surface area (Å²) >= 11 is 6.29. The van der Waals surface area contributed by atoms with Crippen LogP contribution in [0.15, 0.2) is 18.2 Å². The van der Waals surface area contributed by atoms with Crippen molar-refractivity contribution < 1.29 is 33.7 Å². The number of aromatic nitrogens is 2. The van der Waals surface area contributed by atoms with Crippen LogP contribution in [0.4, 0.5) is 4.79 Å². The van der Waals surface area contributed by atoms with Gasteiger partial charge in [0.05, 0.1) is 24.7 Å². The maximum Gasteiger partial charge on any atom is 0.408 e. The molecule has 0 bridgehead atoms. The number of hydrogen-bond donors (Lipinski definition) is 2. The molecule has 0 spiro atoms. The van der Waals surface area contributed by atoms with Crippen LogP contribution in [-0.4, -0.2) is 75.4 Å². The molecule has 37 heavy (non-hydrogen) atoms. The maximum absolute atomic E-state index is 13.6. The second-order valence-corrected chi connectivity index (χ2v) is 11.3. The molecular weight excluding hydrogens is 504 g/mol. The molecule has 1 fully saturated rings. The highest BCUT2D eigenvalue weighted by Crippen LogP contribution is 2.31. The molecule has 2 amide bonds. The molecule has 11 nitrogen and oxygen atoms in total. The van der Waals surface area contributed by atoms with Crippen molar-refractivity contribution in [1.82, 2.24) is 20.2 Å². The number of carboxylic acid groups (broad SMARTS) is 1. The summed E-state index contributed by atoms with van der Waals surface area (Å²) in [5.41, 5.74) is -0.488. The van der Waals surface area contributed by atoms with Gasteiger partial charge in [0.25, 0.3) is 5.88 Å². The summed E-state index contributed by atoms with van der Waals surface area (Å²) in [5, 5.41) is 12.5. The third kappa shape index (κ3) is 6.91. The fourth-order valence-electron chi connectivity index (χ4n) is 3.96. The number of carbonyl (C=O) groups excluding carboxylic acids is 2. The first kappa shape index (κ1) is 28.2. The molecule has 2 heterocycles. The number of amides is 2. The van der Waals surface area contributed by atoms with Crippen LogP contribution in [0.25, 0.3) is 11.0 Å². The standard InChI is InChI=1S/C25H33ClN4O7/c1-24(2,3)18(29-23(34)37-25(4,5)6)21(31)30-12-14(11-17(30)22(32)33)36-20-19(26)27-15-9-8-13(35-7)10-16(15)28-20/h8-10,14,17-18H,11-12H2,1-7H3,(H,29,34)(H,32,33)/t14-,17+,18-/m1/s1. The number of rotatable bonds is 6. The molecule has 2 N–H and O–H groups in total. The Hall–Kier alpha value is -3.34. The Kier molecular flexibility index (Phi) is 8.06. The zero-order valence-corrected chi connectivity index (χ0v) is 22.8. The SMILES string of the molecule is COc1ccc2nc(Cl)c(O[C@@H]3C[C@@H](C(=O)O)N(C(=O)[C@@H](NC(=O)OC(C)(C)C)C(C)(C)C)C3)nc2c1. The minimum Gasteiger partial charge on any atom is -0.497 e. The van der Waals surface area contributed by atoms with Crippen LogP contribution in [0.5, 0.6) is 11.6 Å². The molecule has 202 valence electrons. The number of ether oxygens (including phenoxy) is 3. The smallest absolute Gasteiger partial charge is 0.408 e. The Morgan fingerprint density at radius 1 is 1.14 bits per heavy atom. The number of nitrogens with zero attached hydrogens (tertiary/aromatic N) is 3. The van der Waals surface area contributed by atoms with Gasteiger partial charge in [-0.05, 0) is 38.3 Å². The number of nitrogens with one attached hydrogen (secondary N) is 1. The number of aliphatic carboxylic acids is 1. The molecule has 1 aliphatic heterocycles. The number of carboxylic acids is 1. The fourth-order valence-corrected chi connectivity index (χ4v) is 4.13. The predicted molar refractivity (Wildman–Crippen MR) is 136 cm³/mol. The topological polar surface area (TPSA) is 140 Å². The van der Waals surface area contributed by atoms with E-state index in [1.54, 1.807) is 59.7 Å². The van der Waals surface area contributed by atoms with Gasteiger partial charge in [0.15, 0.2) is 5.15 Å². The van der Waals surface area contributed by atoms with E-state index < -0.39 is 47.2 Å². The number of methoxy groups -OCH3 is 1. The van der Waals surface area contributed by atoms with Crippen molar-refractivity contribution in [2.24, 2.45) is 5.41 Å². The summed E-state index contributed by atoms with van der Waals surface area (Å²) in [4.78, 5) is 48.0. The molecule has 1 aromatic carbocycles. The lowest BCUT2D eigenvalue weighted by Gasteiger charge is -2.35. The summed E-state index contributed by atoms with van der Waals surface area (Å²) in [5.74, 6) is -1.16. The molecule has 0 aliphatic carbocycles. The van der Waals surface area contributed by atoms with Crippen molar-refractivity contribution >= 4 is 40.6 Å². The molecule has 1 aliphatic rings. The molecule has 3 atom stereocenters. The Balaban J connectivity index is 1.84. The monoisotopic (exact) mass is 536 g/mol. The molecule has 3 rings (SSSR count). The van der Waals surface area contributed by atoms with Gasteiger partial charge in [0.2, 0.25) is 5.91 Å². The summed E-state index contributed by atoms with van der Waals surface area (Å²) in [7, 11) is 1.53. The van der Waals surface area contributed by atoms with Gasteiger partial charge in [-0.1, -0.05) is 32.4 Å². The van der Waals surface area contributed by atoms with Crippen LogP contribution in [-0.2, 0) is 14.3 Å². The van der Waals surface area contributed by atoms with Crippen LogP contribution < -0.4 is 14.8 Å². The fraction of sp³-hybridized carbons (Fsp3) is 0.560. The number of alkyl carbamates (subject to hydrolysis) is 1. The quantitative estimate of drug-likeness (QED) is 0.565. The van der Waals surface area contributed by atoms with E-state index in [-0.39, 0.29) is 24.0 Å². The third-order valence-electron chi connectivity index (χ3n) is 5.68. The summed E-state index contributed by atoms with van der Waals surface area (Å²) in [6.07, 6.45) is -1.49. The first-order valence-electron chi connectivity index (χ1n) is 11.8. The second-order valence-electron chi connectivity index (χ2n) is 10.9. The first-order chi connectivity index (χ1) is 17.1. The van der Waals surface area contributed by atoms with Gasteiger partial charge in [0.1, 0.15) is 29.5 Å². The van der Waals surface area contributed by atoms with E-state index >= 15 is 0 Å². The number of carbonyl (C=O) groups is 3. The van der Waals surface area contributed by atoms with Crippen molar-refractivity contribution in [1.29, 1.82) is 0 Å². The molecule has 0 saturated carbocycles. The van der Waals surface area contributed by atoms with Crippen LogP contribution in [0.3, 0.4) is 0 Å². The van der Waals surface area contributed by atoms with Crippen molar-refractivity contribution in [2.75, 3.05) is 13.7 Å². The zero-order valence-electron chi connectivity index (χ0n) is 22.0. The Morgan fingerprint density at radius 2 is 1.81 bits per heavy atom. The number of hydrogen-bond acceptors (Lipinski definition) is 8. The Morgan fingerprint density at radius 3 is 2.38 bits per heavy atom. The molecule has 12 heteroatoms. The Bertz CT molecular complexity index is 1190.